The highest BCUT2D eigenvalue weighted by molar-refractivity contribution is 8.03. The number of thioether (sulfide) groups is 1. The zero-order valence-corrected chi connectivity index (χ0v) is 17.5. The van der Waals surface area contributed by atoms with E-state index in [9.17, 15) is 9.90 Å². The minimum Gasteiger partial charge on any atom is -0.497 e. The second-order valence-corrected chi connectivity index (χ2v) is 6.91. The van der Waals surface area contributed by atoms with Gasteiger partial charge in [-0.1, -0.05) is 24.1 Å². The van der Waals surface area contributed by atoms with Gasteiger partial charge in [0.05, 0.1) is 14.2 Å². The van der Waals surface area contributed by atoms with Crippen molar-refractivity contribution in [2.75, 3.05) is 20.8 Å². The molecule has 0 aliphatic rings. The number of hydrogen-bond acceptors (Lipinski definition) is 8. The van der Waals surface area contributed by atoms with E-state index in [1.54, 1.807) is 42.5 Å². The van der Waals surface area contributed by atoms with Gasteiger partial charge in [0.1, 0.15) is 28.8 Å². The largest absolute Gasteiger partial charge is 0.497 e. The summed E-state index contributed by atoms with van der Waals surface area (Å²) in [6.07, 6.45) is 6.69. The van der Waals surface area contributed by atoms with Crippen molar-refractivity contribution in [1.82, 2.24) is 10.2 Å². The quantitative estimate of drug-likeness (QED) is 0.302. The molecule has 8 nitrogen and oxygen atoms in total. The van der Waals surface area contributed by atoms with Gasteiger partial charge in [-0.15, -0.1) is 16.6 Å². The van der Waals surface area contributed by atoms with Crippen molar-refractivity contribution in [2.24, 2.45) is 0 Å². The van der Waals surface area contributed by atoms with Crippen LogP contribution < -0.4 is 14.2 Å². The van der Waals surface area contributed by atoms with E-state index < -0.39 is 5.97 Å². The van der Waals surface area contributed by atoms with Crippen molar-refractivity contribution in [3.8, 4) is 41.0 Å². The molecule has 0 saturated heterocycles. The fourth-order valence-corrected chi connectivity index (χ4v) is 3.18. The lowest BCUT2D eigenvalue weighted by atomic mass is 10.2. The zero-order chi connectivity index (χ0) is 22.2. The molecule has 3 aromatic rings. The maximum Gasteiger partial charge on any atom is 0.342 e. The average molecular weight is 438 g/mol. The van der Waals surface area contributed by atoms with E-state index in [0.29, 0.717) is 28.4 Å². The first-order valence-corrected chi connectivity index (χ1v) is 9.70. The SMILES string of the molecule is C#CCOc1ccccc1/C=C(\Sc1nnc(-c2cc(OC)cc(OC)c2)o1)C(=O)O. The molecule has 31 heavy (non-hydrogen) atoms. The molecular weight excluding hydrogens is 420 g/mol. The maximum absolute atomic E-state index is 11.8. The van der Waals surface area contributed by atoms with Gasteiger partial charge in [-0.05, 0) is 36.0 Å². The monoisotopic (exact) mass is 438 g/mol. The van der Waals surface area contributed by atoms with Crippen LogP contribution in [0.25, 0.3) is 17.5 Å². The van der Waals surface area contributed by atoms with E-state index in [1.807, 2.05) is 0 Å². The molecule has 1 N–H and O–H groups in total. The van der Waals surface area contributed by atoms with Crippen LogP contribution in [-0.4, -0.2) is 42.1 Å². The summed E-state index contributed by atoms with van der Waals surface area (Å²) in [7, 11) is 3.06. The second-order valence-electron chi connectivity index (χ2n) is 5.92. The van der Waals surface area contributed by atoms with E-state index in [2.05, 4.69) is 16.1 Å². The Kier molecular flexibility index (Phi) is 7.19. The highest BCUT2D eigenvalue weighted by Crippen LogP contribution is 2.34. The Labute approximate surface area is 182 Å². The number of carboxylic acid groups (broad SMARTS) is 1. The summed E-state index contributed by atoms with van der Waals surface area (Å²) in [5.41, 5.74) is 1.13. The molecule has 1 heterocycles. The summed E-state index contributed by atoms with van der Waals surface area (Å²) in [6, 6.07) is 12.1. The second kappa shape index (κ2) is 10.2. The van der Waals surface area contributed by atoms with E-state index in [1.165, 1.54) is 20.3 Å². The fourth-order valence-electron chi connectivity index (χ4n) is 2.52. The standard InChI is InChI=1S/C22H18N2O6S/c1-4-9-29-18-8-6-5-7-14(18)12-19(21(25)26)31-22-24-23-20(30-22)15-10-16(27-2)13-17(11-15)28-3/h1,5-8,10-13H,9H2,2-3H3,(H,25,26)/b19-12-. The minimum atomic E-state index is -1.15. The van der Waals surface area contributed by atoms with E-state index in [-0.39, 0.29) is 22.6 Å². The molecule has 0 fully saturated rings. The Morgan fingerprint density at radius 2 is 1.90 bits per heavy atom. The van der Waals surface area contributed by atoms with Crippen molar-refractivity contribution in [2.45, 2.75) is 5.22 Å². The van der Waals surface area contributed by atoms with Gasteiger partial charge < -0.3 is 23.7 Å². The molecule has 3 rings (SSSR count). The summed E-state index contributed by atoms with van der Waals surface area (Å²) in [4.78, 5) is 11.8. The number of aromatic nitrogens is 2. The Balaban J connectivity index is 1.88. The van der Waals surface area contributed by atoms with Gasteiger partial charge in [-0.25, -0.2) is 4.79 Å². The molecule has 0 aliphatic heterocycles. The summed E-state index contributed by atoms with van der Waals surface area (Å²) in [5, 5.41) is 17.6. The van der Waals surface area contributed by atoms with E-state index >= 15 is 0 Å². The van der Waals surface area contributed by atoms with Gasteiger partial charge in [0.15, 0.2) is 0 Å². The third-order valence-electron chi connectivity index (χ3n) is 3.93. The average Bonchev–Trinajstić information content (AvgIpc) is 3.26. The van der Waals surface area contributed by atoms with Crippen molar-refractivity contribution < 1.29 is 28.5 Å². The van der Waals surface area contributed by atoms with Crippen LogP contribution in [-0.2, 0) is 4.79 Å². The first-order chi connectivity index (χ1) is 15.0. The maximum atomic E-state index is 11.8. The number of carboxylic acids is 1. The molecule has 0 saturated carbocycles. The minimum absolute atomic E-state index is 0.0322. The summed E-state index contributed by atoms with van der Waals surface area (Å²) in [5.74, 6) is 2.99. The number of hydrogen-bond donors (Lipinski definition) is 1. The molecule has 158 valence electrons. The van der Waals surface area contributed by atoms with Crippen LogP contribution in [0.2, 0.25) is 0 Å². The third kappa shape index (κ3) is 5.58. The Hall–Kier alpha value is -3.90. The molecule has 9 heteroatoms. The van der Waals surface area contributed by atoms with Gasteiger partial charge in [0.25, 0.3) is 5.22 Å². The number of rotatable bonds is 9. The third-order valence-corrected chi connectivity index (χ3v) is 4.78. The van der Waals surface area contributed by atoms with Gasteiger partial charge >= 0.3 is 5.97 Å². The smallest absolute Gasteiger partial charge is 0.342 e. The predicted octanol–water partition coefficient (Wildman–Crippen LogP) is 3.98. The molecule has 2 aromatic carbocycles. The highest BCUT2D eigenvalue weighted by atomic mass is 32.2. The lowest BCUT2D eigenvalue weighted by Crippen LogP contribution is -1.99. The summed E-state index contributed by atoms with van der Waals surface area (Å²) < 4.78 is 21.6. The molecule has 0 radical (unpaired) electrons. The van der Waals surface area contributed by atoms with Crippen molar-refractivity contribution in [1.29, 1.82) is 0 Å². The summed E-state index contributed by atoms with van der Waals surface area (Å²) >= 11 is 0.823. The van der Waals surface area contributed by atoms with Crippen LogP contribution in [0.3, 0.4) is 0 Å². The van der Waals surface area contributed by atoms with Crippen LogP contribution in [0.4, 0.5) is 0 Å². The Morgan fingerprint density at radius 3 is 2.55 bits per heavy atom. The van der Waals surface area contributed by atoms with Crippen LogP contribution in [0.1, 0.15) is 5.56 Å². The molecule has 0 atom stereocenters. The topological polar surface area (TPSA) is 104 Å². The van der Waals surface area contributed by atoms with Crippen molar-refractivity contribution in [3.05, 3.63) is 52.9 Å². The number of aliphatic carboxylic acids is 1. The lowest BCUT2D eigenvalue weighted by molar-refractivity contribution is -0.131. The fraction of sp³-hybridized carbons (Fsp3) is 0.136. The molecule has 0 unspecified atom stereocenters. The van der Waals surface area contributed by atoms with Crippen LogP contribution in [0.15, 0.2) is 57.0 Å². The number of carbonyl (C=O) groups is 1. The molecule has 0 spiro atoms. The number of nitrogens with zero attached hydrogens (tertiary/aromatic N) is 2. The molecule has 1 aromatic heterocycles. The highest BCUT2D eigenvalue weighted by Gasteiger charge is 2.18. The number of ether oxygens (including phenoxy) is 3. The van der Waals surface area contributed by atoms with Crippen molar-refractivity contribution >= 4 is 23.8 Å². The van der Waals surface area contributed by atoms with Crippen LogP contribution in [0.5, 0.6) is 17.2 Å². The van der Waals surface area contributed by atoms with Crippen LogP contribution >= 0.6 is 11.8 Å². The van der Waals surface area contributed by atoms with Gasteiger partial charge in [-0.3, -0.25) is 0 Å². The van der Waals surface area contributed by atoms with Gasteiger partial charge in [-0.2, -0.15) is 0 Å². The Bertz CT molecular complexity index is 1130. The number of terminal acetylenes is 1. The lowest BCUT2D eigenvalue weighted by Gasteiger charge is -2.07. The normalized spacial score (nSPS) is 10.9. The number of methoxy groups -OCH3 is 2. The first-order valence-electron chi connectivity index (χ1n) is 8.89. The summed E-state index contributed by atoms with van der Waals surface area (Å²) in [6.45, 7) is 0.0669. The van der Waals surface area contributed by atoms with E-state index in [0.717, 1.165) is 11.8 Å². The molecule has 0 amide bonds. The predicted molar refractivity (Wildman–Crippen MR) is 115 cm³/mol. The van der Waals surface area contributed by atoms with Crippen LogP contribution in [0, 0.1) is 12.3 Å². The first kappa shape index (κ1) is 21.8. The van der Waals surface area contributed by atoms with Gasteiger partial charge in [0.2, 0.25) is 5.89 Å². The van der Waals surface area contributed by atoms with Crippen molar-refractivity contribution in [3.63, 3.8) is 0 Å². The Morgan fingerprint density at radius 1 is 1.19 bits per heavy atom. The zero-order valence-electron chi connectivity index (χ0n) is 16.7. The molecule has 0 bridgehead atoms. The van der Waals surface area contributed by atoms with E-state index in [4.69, 9.17) is 25.1 Å². The van der Waals surface area contributed by atoms with Gasteiger partial charge in [0, 0.05) is 17.2 Å². The number of para-hydroxylation sites is 1. The molecular formula is C22H18N2O6S. The number of benzene rings is 2. The molecule has 0 aliphatic carbocycles.